The number of H-pyrrole nitrogens is 1. The average molecular weight is 582 g/mol. The number of esters is 2. The van der Waals surface area contributed by atoms with E-state index in [1.165, 1.54) is 33.1 Å². The summed E-state index contributed by atoms with van der Waals surface area (Å²) in [6.07, 6.45) is 1.79. The summed E-state index contributed by atoms with van der Waals surface area (Å²) in [5.41, 5.74) is 2.97. The highest BCUT2D eigenvalue weighted by molar-refractivity contribution is 9.10. The molecule has 0 spiro atoms. The maximum Gasteiger partial charge on any atom is 0.324 e. The molecule has 1 atom stereocenters. The van der Waals surface area contributed by atoms with Gasteiger partial charge in [0.15, 0.2) is 17.4 Å². The second kappa shape index (κ2) is 10.1. The molecule has 5 rings (SSSR count). The summed E-state index contributed by atoms with van der Waals surface area (Å²) in [7, 11) is 1.50. The summed E-state index contributed by atoms with van der Waals surface area (Å²) in [5, 5.41) is 0.852. The maximum atomic E-state index is 13.3. The number of aromatic nitrogens is 1. The highest BCUT2D eigenvalue weighted by Crippen LogP contribution is 2.46. The van der Waals surface area contributed by atoms with Crippen LogP contribution in [0.2, 0.25) is 0 Å². The van der Waals surface area contributed by atoms with Crippen molar-refractivity contribution in [3.05, 3.63) is 93.8 Å². The Labute approximate surface area is 227 Å². The van der Waals surface area contributed by atoms with E-state index in [1.54, 1.807) is 30.5 Å². The SMILES string of the molecule is COc1cc([C@@H](c2c[nH]c3ccccc23)C2C(=O)OC(C)(C)OC2=O)c(Br)cc1OCc1ccc(F)cc1. The number of methoxy groups -OCH3 is 1. The summed E-state index contributed by atoms with van der Waals surface area (Å²) in [4.78, 5) is 29.7. The van der Waals surface area contributed by atoms with Crippen LogP contribution in [0.25, 0.3) is 10.9 Å². The standard InChI is InChI=1S/C29H25BrFNO6/c1-29(2)37-27(33)26(28(34)38-29)25(20-14-32-22-7-5-4-6-18(20)22)19-12-23(35-3)24(13-21(19)30)36-15-16-8-10-17(31)11-9-16/h4-14,25-26,32H,15H2,1-3H3/t25-/m0/s1. The summed E-state index contributed by atoms with van der Waals surface area (Å²) in [5.74, 6) is -4.24. The molecule has 0 aliphatic carbocycles. The number of benzene rings is 3. The summed E-state index contributed by atoms with van der Waals surface area (Å²) in [6, 6.07) is 17.1. The normalized spacial score (nSPS) is 16.1. The third-order valence-electron chi connectivity index (χ3n) is 6.42. The van der Waals surface area contributed by atoms with Crippen molar-refractivity contribution < 1.29 is 32.9 Å². The van der Waals surface area contributed by atoms with Crippen molar-refractivity contribution >= 4 is 38.8 Å². The van der Waals surface area contributed by atoms with Crippen molar-refractivity contribution in [2.24, 2.45) is 5.92 Å². The van der Waals surface area contributed by atoms with Crippen LogP contribution in [0, 0.1) is 11.7 Å². The molecule has 2 heterocycles. The van der Waals surface area contributed by atoms with Gasteiger partial charge in [-0.3, -0.25) is 9.59 Å². The van der Waals surface area contributed by atoms with Crippen molar-refractivity contribution in [2.45, 2.75) is 32.2 Å². The van der Waals surface area contributed by atoms with Crippen LogP contribution in [0.5, 0.6) is 11.5 Å². The number of rotatable bonds is 7. The number of carbonyl (C=O) groups excluding carboxylic acids is 2. The van der Waals surface area contributed by atoms with Crippen molar-refractivity contribution in [2.75, 3.05) is 7.11 Å². The molecule has 1 N–H and O–H groups in total. The summed E-state index contributed by atoms with van der Waals surface area (Å²) < 4.78 is 36.5. The number of nitrogens with one attached hydrogen (secondary N) is 1. The van der Waals surface area contributed by atoms with Crippen molar-refractivity contribution in [1.29, 1.82) is 0 Å². The number of para-hydroxylation sites is 1. The molecule has 196 valence electrons. The first-order valence-corrected chi connectivity index (χ1v) is 12.7. The van der Waals surface area contributed by atoms with E-state index in [-0.39, 0.29) is 12.4 Å². The number of aromatic amines is 1. The van der Waals surface area contributed by atoms with E-state index in [4.69, 9.17) is 18.9 Å². The zero-order chi connectivity index (χ0) is 27.0. The Morgan fingerprint density at radius 1 is 1.00 bits per heavy atom. The van der Waals surface area contributed by atoms with Crippen LogP contribution < -0.4 is 9.47 Å². The summed E-state index contributed by atoms with van der Waals surface area (Å²) in [6.45, 7) is 3.22. The maximum absolute atomic E-state index is 13.3. The lowest BCUT2D eigenvalue weighted by Crippen LogP contribution is -2.48. The smallest absolute Gasteiger partial charge is 0.324 e. The molecule has 7 nitrogen and oxygen atoms in total. The molecule has 9 heteroatoms. The fraction of sp³-hybridized carbons (Fsp3) is 0.241. The lowest BCUT2D eigenvalue weighted by atomic mass is 9.79. The van der Waals surface area contributed by atoms with Gasteiger partial charge in [-0.05, 0) is 47.0 Å². The third-order valence-corrected chi connectivity index (χ3v) is 7.10. The van der Waals surface area contributed by atoms with Crippen LogP contribution >= 0.6 is 15.9 Å². The number of carbonyl (C=O) groups is 2. The number of hydrogen-bond donors (Lipinski definition) is 1. The van der Waals surface area contributed by atoms with Gasteiger partial charge in [0.1, 0.15) is 12.4 Å². The highest BCUT2D eigenvalue weighted by atomic mass is 79.9. The molecule has 0 saturated carbocycles. The van der Waals surface area contributed by atoms with E-state index in [9.17, 15) is 14.0 Å². The molecule has 3 aromatic carbocycles. The van der Waals surface area contributed by atoms with Gasteiger partial charge in [-0.25, -0.2) is 4.39 Å². The molecular weight excluding hydrogens is 557 g/mol. The van der Waals surface area contributed by atoms with Gasteiger partial charge in [0, 0.05) is 41.3 Å². The van der Waals surface area contributed by atoms with E-state index in [0.717, 1.165) is 22.0 Å². The molecule has 1 saturated heterocycles. The molecule has 0 radical (unpaired) electrons. The van der Waals surface area contributed by atoms with Gasteiger partial charge in [-0.2, -0.15) is 0 Å². The zero-order valence-corrected chi connectivity index (χ0v) is 22.5. The Hall–Kier alpha value is -3.85. The van der Waals surface area contributed by atoms with Gasteiger partial charge in [0.05, 0.1) is 7.11 Å². The predicted octanol–water partition coefficient (Wildman–Crippen LogP) is 6.24. The van der Waals surface area contributed by atoms with Crippen LogP contribution in [0.4, 0.5) is 4.39 Å². The first kappa shape index (κ1) is 25.8. The van der Waals surface area contributed by atoms with Gasteiger partial charge in [-0.1, -0.05) is 46.3 Å². The van der Waals surface area contributed by atoms with Gasteiger partial charge in [0.25, 0.3) is 5.79 Å². The van der Waals surface area contributed by atoms with E-state index < -0.39 is 29.6 Å². The van der Waals surface area contributed by atoms with Gasteiger partial charge < -0.3 is 23.9 Å². The fourth-order valence-corrected chi connectivity index (χ4v) is 5.25. The average Bonchev–Trinajstić information content (AvgIpc) is 3.29. The zero-order valence-electron chi connectivity index (χ0n) is 20.9. The second-order valence-electron chi connectivity index (χ2n) is 9.43. The number of fused-ring (bicyclic) bond motifs is 1. The van der Waals surface area contributed by atoms with Crippen LogP contribution in [-0.2, 0) is 25.7 Å². The fourth-order valence-electron chi connectivity index (χ4n) is 4.68. The van der Waals surface area contributed by atoms with Crippen LogP contribution in [0.15, 0.2) is 71.3 Å². The van der Waals surface area contributed by atoms with E-state index in [2.05, 4.69) is 20.9 Å². The Morgan fingerprint density at radius 2 is 1.68 bits per heavy atom. The minimum atomic E-state index is -1.36. The summed E-state index contributed by atoms with van der Waals surface area (Å²) >= 11 is 3.63. The largest absolute Gasteiger partial charge is 0.493 e. The second-order valence-corrected chi connectivity index (χ2v) is 10.3. The van der Waals surface area contributed by atoms with Gasteiger partial charge in [0.2, 0.25) is 0 Å². The predicted molar refractivity (Wildman–Crippen MR) is 141 cm³/mol. The van der Waals surface area contributed by atoms with Crippen molar-refractivity contribution in [1.82, 2.24) is 4.98 Å². The Balaban J connectivity index is 1.59. The molecule has 4 aromatic rings. The number of halogens is 2. The van der Waals surface area contributed by atoms with Crippen molar-refractivity contribution in [3.63, 3.8) is 0 Å². The molecule has 1 aliphatic heterocycles. The molecule has 1 fully saturated rings. The molecule has 1 aliphatic rings. The lowest BCUT2D eigenvalue weighted by molar-refractivity contribution is -0.240. The topological polar surface area (TPSA) is 86.9 Å². The monoisotopic (exact) mass is 581 g/mol. The highest BCUT2D eigenvalue weighted by Gasteiger charge is 2.49. The van der Waals surface area contributed by atoms with Crippen LogP contribution in [0.3, 0.4) is 0 Å². The minimum absolute atomic E-state index is 0.185. The quantitative estimate of drug-likeness (QED) is 0.205. The number of hydrogen-bond acceptors (Lipinski definition) is 6. The molecule has 0 bridgehead atoms. The van der Waals surface area contributed by atoms with Gasteiger partial charge in [-0.15, -0.1) is 0 Å². The Bertz CT molecular complexity index is 1490. The van der Waals surface area contributed by atoms with Crippen LogP contribution in [-0.4, -0.2) is 29.8 Å². The Kier molecular flexibility index (Phi) is 6.88. The Morgan fingerprint density at radius 3 is 2.37 bits per heavy atom. The first-order chi connectivity index (χ1) is 18.2. The van der Waals surface area contributed by atoms with E-state index in [1.807, 2.05) is 24.3 Å². The number of ether oxygens (including phenoxy) is 4. The van der Waals surface area contributed by atoms with E-state index in [0.29, 0.717) is 21.5 Å². The molecule has 0 unspecified atom stereocenters. The molecule has 38 heavy (non-hydrogen) atoms. The molecule has 0 amide bonds. The van der Waals surface area contributed by atoms with E-state index >= 15 is 0 Å². The molecular formula is C29H25BrFNO6. The third kappa shape index (κ3) is 4.98. The first-order valence-electron chi connectivity index (χ1n) is 11.9. The van der Waals surface area contributed by atoms with Gasteiger partial charge >= 0.3 is 11.9 Å². The minimum Gasteiger partial charge on any atom is -0.493 e. The van der Waals surface area contributed by atoms with Crippen LogP contribution in [0.1, 0.15) is 36.5 Å². The number of cyclic esters (lactones) is 2. The lowest BCUT2D eigenvalue weighted by Gasteiger charge is -2.36. The van der Waals surface area contributed by atoms with Crippen molar-refractivity contribution in [3.8, 4) is 11.5 Å². The molecule has 1 aromatic heterocycles.